The summed E-state index contributed by atoms with van der Waals surface area (Å²) in [5.41, 5.74) is 0.0929. The van der Waals surface area contributed by atoms with Crippen molar-refractivity contribution < 1.29 is 14.6 Å². The highest BCUT2D eigenvalue weighted by atomic mass is 32.2. The molecule has 19 heavy (non-hydrogen) atoms. The van der Waals surface area contributed by atoms with Gasteiger partial charge in [-0.25, -0.2) is 0 Å². The first kappa shape index (κ1) is 14.3. The normalized spacial score (nSPS) is 17.3. The minimum Gasteiger partial charge on any atom is -0.508 e. The lowest BCUT2D eigenvalue weighted by atomic mass is 9.85. The van der Waals surface area contributed by atoms with Crippen LogP contribution in [0.3, 0.4) is 0 Å². The average molecular weight is 280 g/mol. The van der Waals surface area contributed by atoms with E-state index in [1.807, 2.05) is 12.1 Å². The number of carbonyl (C=O) groups is 1. The van der Waals surface area contributed by atoms with Gasteiger partial charge in [0.05, 0.1) is 13.5 Å². The number of phenolic OH excluding ortho intramolecular Hbond substituents is 1. The number of phenols is 1. The van der Waals surface area contributed by atoms with E-state index in [-0.39, 0.29) is 17.1 Å². The Labute approximate surface area is 118 Å². The van der Waals surface area contributed by atoms with E-state index in [9.17, 15) is 9.90 Å². The molecule has 1 aromatic rings. The SMILES string of the molecule is COC(=O)CC1(CSc2ccc(O)cc2)CCCC1. The van der Waals surface area contributed by atoms with Gasteiger partial charge in [-0.1, -0.05) is 12.8 Å². The number of rotatable bonds is 5. The second-order valence-electron chi connectivity index (χ2n) is 5.24. The van der Waals surface area contributed by atoms with Crippen LogP contribution in [0, 0.1) is 5.41 Å². The minimum atomic E-state index is -0.104. The Bertz CT molecular complexity index is 422. The molecule has 104 valence electrons. The van der Waals surface area contributed by atoms with Crippen molar-refractivity contribution in [2.45, 2.75) is 37.0 Å². The highest BCUT2D eigenvalue weighted by molar-refractivity contribution is 7.99. The molecule has 1 aliphatic rings. The van der Waals surface area contributed by atoms with E-state index in [0.29, 0.717) is 6.42 Å². The Kier molecular flexibility index (Phi) is 4.75. The fourth-order valence-electron chi connectivity index (χ4n) is 2.65. The van der Waals surface area contributed by atoms with Gasteiger partial charge in [-0.15, -0.1) is 11.8 Å². The molecular weight excluding hydrogens is 260 g/mol. The van der Waals surface area contributed by atoms with Crippen LogP contribution < -0.4 is 0 Å². The number of hydrogen-bond donors (Lipinski definition) is 1. The summed E-state index contributed by atoms with van der Waals surface area (Å²) in [5, 5.41) is 9.27. The van der Waals surface area contributed by atoms with Gasteiger partial charge in [0.1, 0.15) is 5.75 Å². The number of thioether (sulfide) groups is 1. The second kappa shape index (κ2) is 6.33. The number of hydrogen-bond acceptors (Lipinski definition) is 4. The summed E-state index contributed by atoms with van der Waals surface area (Å²) >= 11 is 1.76. The molecule has 0 saturated heterocycles. The summed E-state index contributed by atoms with van der Waals surface area (Å²) in [6.45, 7) is 0. The van der Waals surface area contributed by atoms with Crippen LogP contribution in [-0.4, -0.2) is 23.9 Å². The zero-order valence-corrected chi connectivity index (χ0v) is 12.0. The van der Waals surface area contributed by atoms with Crippen LogP contribution in [-0.2, 0) is 9.53 Å². The van der Waals surface area contributed by atoms with Crippen LogP contribution in [0.1, 0.15) is 32.1 Å². The van der Waals surface area contributed by atoms with Crippen molar-refractivity contribution in [2.75, 3.05) is 12.9 Å². The third-order valence-electron chi connectivity index (χ3n) is 3.79. The molecule has 0 radical (unpaired) electrons. The molecule has 0 aliphatic heterocycles. The smallest absolute Gasteiger partial charge is 0.306 e. The van der Waals surface area contributed by atoms with Crippen LogP contribution in [0.4, 0.5) is 0 Å². The molecule has 1 N–H and O–H groups in total. The molecular formula is C15H20O3S. The van der Waals surface area contributed by atoms with Crippen molar-refractivity contribution in [2.24, 2.45) is 5.41 Å². The van der Waals surface area contributed by atoms with Crippen LogP contribution >= 0.6 is 11.8 Å². The van der Waals surface area contributed by atoms with Crippen molar-refractivity contribution in [1.29, 1.82) is 0 Å². The zero-order chi connectivity index (χ0) is 13.7. The van der Waals surface area contributed by atoms with Gasteiger partial charge < -0.3 is 9.84 Å². The van der Waals surface area contributed by atoms with Crippen molar-refractivity contribution in [3.8, 4) is 5.75 Å². The van der Waals surface area contributed by atoms with E-state index >= 15 is 0 Å². The lowest BCUT2D eigenvalue weighted by Crippen LogP contribution is -2.24. The van der Waals surface area contributed by atoms with Crippen molar-refractivity contribution in [3.05, 3.63) is 24.3 Å². The largest absolute Gasteiger partial charge is 0.508 e. The molecule has 1 saturated carbocycles. The van der Waals surface area contributed by atoms with Crippen LogP contribution in [0.25, 0.3) is 0 Å². The van der Waals surface area contributed by atoms with E-state index in [4.69, 9.17) is 4.74 Å². The zero-order valence-electron chi connectivity index (χ0n) is 11.2. The fourth-order valence-corrected chi connectivity index (χ4v) is 3.85. The molecule has 1 fully saturated rings. The second-order valence-corrected chi connectivity index (χ2v) is 6.29. The molecule has 0 unspecified atom stereocenters. The summed E-state index contributed by atoms with van der Waals surface area (Å²) < 4.78 is 4.82. The van der Waals surface area contributed by atoms with Crippen molar-refractivity contribution in [3.63, 3.8) is 0 Å². The molecule has 0 heterocycles. The molecule has 4 heteroatoms. The van der Waals surface area contributed by atoms with Gasteiger partial charge in [-0.2, -0.15) is 0 Å². The first-order valence-electron chi connectivity index (χ1n) is 6.62. The number of carbonyl (C=O) groups excluding carboxylic acids is 1. The summed E-state index contributed by atoms with van der Waals surface area (Å²) in [5.74, 6) is 1.12. The maximum atomic E-state index is 11.6. The monoisotopic (exact) mass is 280 g/mol. The Morgan fingerprint density at radius 3 is 2.53 bits per heavy atom. The predicted molar refractivity (Wildman–Crippen MR) is 76.4 cm³/mol. The van der Waals surface area contributed by atoms with E-state index in [2.05, 4.69) is 0 Å². The molecule has 0 bridgehead atoms. The number of ether oxygens (including phenoxy) is 1. The van der Waals surface area contributed by atoms with E-state index in [1.165, 1.54) is 20.0 Å². The summed E-state index contributed by atoms with van der Waals surface area (Å²) in [7, 11) is 1.46. The van der Waals surface area contributed by atoms with Crippen LogP contribution in [0.5, 0.6) is 5.75 Å². The maximum Gasteiger partial charge on any atom is 0.306 e. The standard InChI is InChI=1S/C15H20O3S/c1-18-14(17)10-15(8-2-3-9-15)11-19-13-6-4-12(16)5-7-13/h4-7,16H,2-3,8-11H2,1H3. The highest BCUT2D eigenvalue weighted by Gasteiger charge is 2.36. The van der Waals surface area contributed by atoms with Crippen molar-refractivity contribution in [1.82, 2.24) is 0 Å². The molecule has 0 atom stereocenters. The minimum absolute atomic E-state index is 0.0929. The summed E-state index contributed by atoms with van der Waals surface area (Å²) in [4.78, 5) is 12.7. The quantitative estimate of drug-likeness (QED) is 0.661. The summed E-state index contributed by atoms with van der Waals surface area (Å²) in [6.07, 6.45) is 5.13. The van der Waals surface area contributed by atoms with Gasteiger partial charge in [0.25, 0.3) is 0 Å². The third kappa shape index (κ3) is 3.90. The Balaban J connectivity index is 1.97. The Morgan fingerprint density at radius 2 is 1.95 bits per heavy atom. The van der Waals surface area contributed by atoms with Crippen molar-refractivity contribution >= 4 is 17.7 Å². The molecule has 1 aromatic carbocycles. The third-order valence-corrected chi connectivity index (χ3v) is 5.16. The van der Waals surface area contributed by atoms with Gasteiger partial charge in [-0.05, 0) is 42.5 Å². The molecule has 0 spiro atoms. The number of esters is 1. The van der Waals surface area contributed by atoms with Crippen LogP contribution in [0.2, 0.25) is 0 Å². The maximum absolute atomic E-state index is 11.6. The average Bonchev–Trinajstić information content (AvgIpc) is 2.87. The lowest BCUT2D eigenvalue weighted by Gasteiger charge is -2.27. The van der Waals surface area contributed by atoms with E-state index in [0.717, 1.165) is 23.5 Å². The Hall–Kier alpha value is -1.16. The van der Waals surface area contributed by atoms with E-state index < -0.39 is 0 Å². The molecule has 1 aliphatic carbocycles. The highest BCUT2D eigenvalue weighted by Crippen LogP contribution is 2.45. The Morgan fingerprint density at radius 1 is 1.32 bits per heavy atom. The molecule has 3 nitrogen and oxygen atoms in total. The summed E-state index contributed by atoms with van der Waals surface area (Å²) in [6, 6.07) is 7.23. The molecule has 2 rings (SSSR count). The predicted octanol–water partition coefficient (Wildman–Crippen LogP) is 3.61. The lowest BCUT2D eigenvalue weighted by molar-refractivity contribution is -0.143. The van der Waals surface area contributed by atoms with Gasteiger partial charge in [0.2, 0.25) is 0 Å². The molecule has 0 amide bonds. The van der Waals surface area contributed by atoms with Crippen LogP contribution in [0.15, 0.2) is 29.2 Å². The first-order chi connectivity index (χ1) is 9.13. The number of aromatic hydroxyl groups is 1. The van der Waals surface area contributed by atoms with E-state index in [1.54, 1.807) is 23.9 Å². The number of methoxy groups -OCH3 is 1. The number of benzene rings is 1. The van der Waals surface area contributed by atoms with Gasteiger partial charge in [-0.3, -0.25) is 4.79 Å². The fraction of sp³-hybridized carbons (Fsp3) is 0.533. The van der Waals surface area contributed by atoms with Gasteiger partial charge in [0.15, 0.2) is 0 Å². The molecule has 0 aromatic heterocycles. The topological polar surface area (TPSA) is 46.5 Å². The van der Waals surface area contributed by atoms with Gasteiger partial charge >= 0.3 is 5.97 Å². The van der Waals surface area contributed by atoms with Gasteiger partial charge in [0, 0.05) is 10.6 Å². The first-order valence-corrected chi connectivity index (χ1v) is 7.61.